The van der Waals surface area contributed by atoms with E-state index in [0.29, 0.717) is 0 Å². The third kappa shape index (κ3) is 2.67. The minimum absolute atomic E-state index is 0.271. The number of hydrogen-bond acceptors (Lipinski definition) is 4. The number of rotatable bonds is 5. The van der Waals surface area contributed by atoms with Gasteiger partial charge in [0.1, 0.15) is 5.82 Å². The van der Waals surface area contributed by atoms with Gasteiger partial charge in [-0.3, -0.25) is 4.98 Å². The molecule has 0 unspecified atom stereocenters. The van der Waals surface area contributed by atoms with Crippen molar-refractivity contribution in [2.75, 3.05) is 0 Å². The van der Waals surface area contributed by atoms with Crippen molar-refractivity contribution in [1.29, 1.82) is 0 Å². The van der Waals surface area contributed by atoms with E-state index >= 15 is 0 Å². The SMILES string of the molecule is CCCc1nc2cc(C(=O)O)ccc2n1Cc1cncs1. The van der Waals surface area contributed by atoms with Crippen LogP contribution in [0.1, 0.15) is 34.4 Å². The molecule has 3 aromatic rings. The molecule has 0 aliphatic carbocycles. The van der Waals surface area contributed by atoms with Gasteiger partial charge in [0.15, 0.2) is 0 Å². The summed E-state index contributed by atoms with van der Waals surface area (Å²) in [7, 11) is 0. The highest BCUT2D eigenvalue weighted by molar-refractivity contribution is 7.09. The molecule has 2 heterocycles. The predicted molar refractivity (Wildman–Crippen MR) is 81.9 cm³/mol. The number of carbonyl (C=O) groups is 1. The minimum atomic E-state index is -0.925. The molecule has 0 aliphatic heterocycles. The highest BCUT2D eigenvalue weighted by Crippen LogP contribution is 2.21. The maximum atomic E-state index is 11.1. The van der Waals surface area contributed by atoms with Gasteiger partial charge in [-0.15, -0.1) is 11.3 Å². The van der Waals surface area contributed by atoms with E-state index in [-0.39, 0.29) is 5.56 Å². The first kappa shape index (κ1) is 13.8. The Balaban J connectivity index is 2.10. The van der Waals surface area contributed by atoms with Crippen LogP contribution in [0, 0.1) is 0 Å². The summed E-state index contributed by atoms with van der Waals surface area (Å²) in [5.41, 5.74) is 3.80. The third-order valence-electron chi connectivity index (χ3n) is 3.35. The van der Waals surface area contributed by atoms with Gasteiger partial charge in [0, 0.05) is 17.5 Å². The average Bonchev–Trinajstić information content (AvgIpc) is 3.08. The summed E-state index contributed by atoms with van der Waals surface area (Å²) in [5, 5.41) is 9.09. The Labute approximate surface area is 125 Å². The van der Waals surface area contributed by atoms with E-state index in [1.165, 1.54) is 0 Å². The molecule has 0 saturated carbocycles. The monoisotopic (exact) mass is 301 g/mol. The fourth-order valence-electron chi connectivity index (χ4n) is 2.38. The lowest BCUT2D eigenvalue weighted by molar-refractivity contribution is 0.0697. The molecule has 0 atom stereocenters. The number of nitrogens with zero attached hydrogens (tertiary/aromatic N) is 3. The summed E-state index contributed by atoms with van der Waals surface area (Å²) >= 11 is 1.61. The molecule has 6 heteroatoms. The van der Waals surface area contributed by atoms with E-state index in [2.05, 4.69) is 21.5 Å². The maximum absolute atomic E-state index is 11.1. The summed E-state index contributed by atoms with van der Waals surface area (Å²) in [6, 6.07) is 5.11. The van der Waals surface area contributed by atoms with Crippen molar-refractivity contribution in [1.82, 2.24) is 14.5 Å². The number of fused-ring (bicyclic) bond motifs is 1. The molecule has 1 N–H and O–H groups in total. The predicted octanol–water partition coefficient (Wildman–Crippen LogP) is 3.19. The standard InChI is InChI=1S/C15H15N3O2S/c1-2-3-14-17-12-6-10(15(19)20)4-5-13(12)18(14)8-11-7-16-9-21-11/h4-7,9H,2-3,8H2,1H3,(H,19,20). The fourth-order valence-corrected chi connectivity index (χ4v) is 2.96. The maximum Gasteiger partial charge on any atom is 0.335 e. The Bertz CT molecular complexity index is 778. The van der Waals surface area contributed by atoms with Crippen molar-refractivity contribution in [3.8, 4) is 0 Å². The van der Waals surface area contributed by atoms with Crippen LogP contribution in [0.3, 0.4) is 0 Å². The highest BCUT2D eigenvalue weighted by Gasteiger charge is 2.13. The lowest BCUT2D eigenvalue weighted by atomic mass is 10.2. The molecule has 0 aliphatic rings. The normalized spacial score (nSPS) is 11.1. The molecule has 0 radical (unpaired) electrons. The van der Waals surface area contributed by atoms with E-state index in [1.807, 2.05) is 17.8 Å². The zero-order valence-electron chi connectivity index (χ0n) is 11.6. The molecular weight excluding hydrogens is 286 g/mol. The van der Waals surface area contributed by atoms with Crippen molar-refractivity contribution >= 4 is 28.3 Å². The minimum Gasteiger partial charge on any atom is -0.478 e. The van der Waals surface area contributed by atoms with Gasteiger partial charge < -0.3 is 9.67 Å². The molecule has 21 heavy (non-hydrogen) atoms. The van der Waals surface area contributed by atoms with E-state index in [9.17, 15) is 4.79 Å². The van der Waals surface area contributed by atoms with Gasteiger partial charge in [0.05, 0.1) is 28.7 Å². The molecule has 0 fully saturated rings. The average molecular weight is 301 g/mol. The Morgan fingerprint density at radius 2 is 2.29 bits per heavy atom. The van der Waals surface area contributed by atoms with Crippen molar-refractivity contribution < 1.29 is 9.90 Å². The Morgan fingerprint density at radius 1 is 1.43 bits per heavy atom. The number of carboxylic acids is 1. The lowest BCUT2D eigenvalue weighted by Gasteiger charge is -2.07. The topological polar surface area (TPSA) is 68.0 Å². The van der Waals surface area contributed by atoms with Gasteiger partial charge in [-0.2, -0.15) is 0 Å². The second-order valence-corrected chi connectivity index (χ2v) is 5.81. The first-order chi connectivity index (χ1) is 10.2. The van der Waals surface area contributed by atoms with E-state index in [0.717, 1.165) is 41.1 Å². The largest absolute Gasteiger partial charge is 0.478 e. The molecule has 0 amide bonds. The van der Waals surface area contributed by atoms with Crippen LogP contribution in [0.15, 0.2) is 29.9 Å². The van der Waals surface area contributed by atoms with Crippen LogP contribution < -0.4 is 0 Å². The van der Waals surface area contributed by atoms with Gasteiger partial charge in [-0.25, -0.2) is 9.78 Å². The summed E-state index contributed by atoms with van der Waals surface area (Å²) in [4.78, 5) is 21.0. The highest BCUT2D eigenvalue weighted by atomic mass is 32.1. The van der Waals surface area contributed by atoms with Crippen LogP contribution in [-0.4, -0.2) is 25.6 Å². The first-order valence-electron chi connectivity index (χ1n) is 6.79. The summed E-state index contributed by atoms with van der Waals surface area (Å²) in [6.45, 7) is 2.84. The quantitative estimate of drug-likeness (QED) is 0.786. The van der Waals surface area contributed by atoms with E-state index in [1.54, 1.807) is 23.5 Å². The number of imidazole rings is 1. The Hall–Kier alpha value is -2.21. The lowest BCUT2D eigenvalue weighted by Crippen LogP contribution is -2.04. The first-order valence-corrected chi connectivity index (χ1v) is 7.67. The van der Waals surface area contributed by atoms with Gasteiger partial charge in [0.25, 0.3) is 0 Å². The van der Waals surface area contributed by atoms with Crippen LogP contribution in [0.4, 0.5) is 0 Å². The third-order valence-corrected chi connectivity index (χ3v) is 4.11. The molecule has 0 spiro atoms. The smallest absolute Gasteiger partial charge is 0.335 e. The fraction of sp³-hybridized carbons (Fsp3) is 0.267. The number of carboxylic acid groups (broad SMARTS) is 1. The molecule has 0 bridgehead atoms. The summed E-state index contributed by atoms with van der Waals surface area (Å²) < 4.78 is 2.15. The molecule has 5 nitrogen and oxygen atoms in total. The molecule has 0 saturated heterocycles. The van der Waals surface area contributed by atoms with Crippen molar-refractivity contribution in [2.24, 2.45) is 0 Å². The van der Waals surface area contributed by atoms with E-state index < -0.39 is 5.97 Å². The van der Waals surface area contributed by atoms with Gasteiger partial charge >= 0.3 is 5.97 Å². The molecule has 1 aromatic carbocycles. The molecular formula is C15H15N3O2S. The van der Waals surface area contributed by atoms with E-state index in [4.69, 9.17) is 5.11 Å². The Kier molecular flexibility index (Phi) is 3.70. The van der Waals surface area contributed by atoms with Crippen LogP contribution in [0.2, 0.25) is 0 Å². The number of hydrogen-bond donors (Lipinski definition) is 1. The van der Waals surface area contributed by atoms with Gasteiger partial charge in [0.2, 0.25) is 0 Å². The zero-order valence-corrected chi connectivity index (χ0v) is 12.4. The van der Waals surface area contributed by atoms with Crippen LogP contribution in [0.5, 0.6) is 0 Å². The molecule has 108 valence electrons. The van der Waals surface area contributed by atoms with Crippen molar-refractivity contribution in [3.63, 3.8) is 0 Å². The van der Waals surface area contributed by atoms with Gasteiger partial charge in [-0.05, 0) is 24.6 Å². The van der Waals surface area contributed by atoms with Crippen LogP contribution in [0.25, 0.3) is 11.0 Å². The van der Waals surface area contributed by atoms with Crippen molar-refractivity contribution in [3.05, 3.63) is 46.2 Å². The Morgan fingerprint density at radius 3 is 2.95 bits per heavy atom. The molecule has 2 aromatic heterocycles. The number of aryl methyl sites for hydroxylation is 1. The number of aromatic nitrogens is 3. The zero-order chi connectivity index (χ0) is 14.8. The van der Waals surface area contributed by atoms with Crippen LogP contribution >= 0.6 is 11.3 Å². The number of thiazole rings is 1. The number of benzene rings is 1. The van der Waals surface area contributed by atoms with Gasteiger partial charge in [-0.1, -0.05) is 6.92 Å². The number of aromatic carboxylic acids is 1. The summed E-state index contributed by atoms with van der Waals surface area (Å²) in [6.07, 6.45) is 3.73. The second kappa shape index (κ2) is 5.65. The van der Waals surface area contributed by atoms with Crippen LogP contribution in [-0.2, 0) is 13.0 Å². The molecule has 3 rings (SSSR count). The second-order valence-electron chi connectivity index (χ2n) is 4.84. The summed E-state index contributed by atoms with van der Waals surface area (Å²) in [5.74, 6) is 0.0642. The van der Waals surface area contributed by atoms with Crippen molar-refractivity contribution in [2.45, 2.75) is 26.3 Å².